The third-order valence-corrected chi connectivity index (χ3v) is 3.78. The Balaban J connectivity index is 2.54. The molecule has 4 nitrogen and oxygen atoms in total. The summed E-state index contributed by atoms with van der Waals surface area (Å²) >= 11 is 0. The summed E-state index contributed by atoms with van der Waals surface area (Å²) in [7, 11) is -0.901. The zero-order valence-corrected chi connectivity index (χ0v) is 11.1. The van der Waals surface area contributed by atoms with E-state index in [9.17, 15) is 9.00 Å². The summed E-state index contributed by atoms with van der Waals surface area (Å²) in [6.45, 7) is 2.17. The second-order valence-electron chi connectivity index (χ2n) is 3.70. The number of carbonyl (C=O) groups is 1. The molecule has 0 aliphatic carbocycles. The minimum Gasteiger partial charge on any atom is -0.354 e. The molecule has 1 N–H and O–H groups in total. The Bertz CT molecular complexity index is 454. The molecule has 0 heterocycles. The maximum atomic E-state index is 11.8. The maximum absolute atomic E-state index is 11.8. The van der Waals surface area contributed by atoms with Gasteiger partial charge in [0.15, 0.2) is 0 Å². The van der Waals surface area contributed by atoms with Crippen LogP contribution < -0.4 is 5.32 Å². The van der Waals surface area contributed by atoms with E-state index in [2.05, 4.69) is 5.32 Å². The molecule has 1 rings (SSSR count). The molecule has 1 aromatic carbocycles. The monoisotopic (exact) mass is 264 g/mol. The number of carbonyl (C=O) groups excluding carboxylic acids is 1. The highest BCUT2D eigenvalue weighted by Crippen LogP contribution is 2.14. The number of hydrogen-bond donors (Lipinski definition) is 1. The first-order chi connectivity index (χ1) is 8.69. The topological polar surface area (TPSA) is 70.0 Å². The van der Waals surface area contributed by atoms with Crippen LogP contribution in [0.4, 0.5) is 0 Å². The number of nitriles is 1. The number of hydrogen-bond acceptors (Lipinski definition) is 3. The van der Waals surface area contributed by atoms with E-state index in [4.69, 9.17) is 5.26 Å². The highest BCUT2D eigenvalue weighted by atomic mass is 32.2. The van der Waals surface area contributed by atoms with Crippen LogP contribution in [0.25, 0.3) is 0 Å². The first-order valence-corrected chi connectivity index (χ1v) is 7.25. The van der Waals surface area contributed by atoms with Gasteiger partial charge < -0.3 is 5.32 Å². The van der Waals surface area contributed by atoms with Gasteiger partial charge in [-0.1, -0.05) is 37.3 Å². The fourth-order valence-corrected chi connectivity index (χ4v) is 2.08. The number of nitrogens with zero attached hydrogens (tertiary/aromatic N) is 1. The van der Waals surface area contributed by atoms with Gasteiger partial charge >= 0.3 is 0 Å². The number of nitrogens with one attached hydrogen (secondary N) is 1. The molecule has 1 amide bonds. The van der Waals surface area contributed by atoms with Crippen LogP contribution in [0.1, 0.15) is 18.4 Å². The predicted molar refractivity (Wildman–Crippen MR) is 71.4 cm³/mol. The molecule has 0 aromatic heterocycles. The van der Waals surface area contributed by atoms with Gasteiger partial charge in [-0.3, -0.25) is 9.00 Å². The van der Waals surface area contributed by atoms with Crippen LogP contribution in [0.2, 0.25) is 0 Å². The Labute approximate surface area is 109 Å². The van der Waals surface area contributed by atoms with E-state index in [-0.39, 0.29) is 5.91 Å². The SMILES string of the molecule is CCS(=O)CCNC(=O)C(C#N)c1ccccc1. The summed E-state index contributed by atoms with van der Waals surface area (Å²) in [4.78, 5) is 11.8. The predicted octanol–water partition coefficient (Wildman–Crippen LogP) is 1.18. The van der Waals surface area contributed by atoms with E-state index >= 15 is 0 Å². The molecular weight excluding hydrogens is 248 g/mol. The van der Waals surface area contributed by atoms with E-state index in [1.165, 1.54) is 0 Å². The van der Waals surface area contributed by atoms with Crippen molar-refractivity contribution in [3.63, 3.8) is 0 Å². The van der Waals surface area contributed by atoms with E-state index in [0.717, 1.165) is 0 Å². The Morgan fingerprint density at radius 3 is 2.67 bits per heavy atom. The molecular formula is C13H16N2O2S. The summed E-state index contributed by atoms with van der Waals surface area (Å²) in [5, 5.41) is 11.7. The van der Waals surface area contributed by atoms with E-state index in [0.29, 0.717) is 23.6 Å². The minimum atomic E-state index is -0.901. The van der Waals surface area contributed by atoms with Gasteiger partial charge in [-0.2, -0.15) is 5.26 Å². The van der Waals surface area contributed by atoms with Crippen LogP contribution in [-0.2, 0) is 15.6 Å². The summed E-state index contributed by atoms with van der Waals surface area (Å²) in [6, 6.07) is 10.9. The van der Waals surface area contributed by atoms with E-state index in [1.54, 1.807) is 24.3 Å². The van der Waals surface area contributed by atoms with Crippen LogP contribution in [0.5, 0.6) is 0 Å². The maximum Gasteiger partial charge on any atom is 0.241 e. The van der Waals surface area contributed by atoms with Crippen LogP contribution >= 0.6 is 0 Å². The van der Waals surface area contributed by atoms with Crippen LogP contribution in [0.3, 0.4) is 0 Å². The number of amides is 1. The normalized spacial score (nSPS) is 13.3. The Kier molecular flexibility index (Phi) is 6.09. The average molecular weight is 264 g/mol. The molecule has 0 saturated heterocycles. The quantitative estimate of drug-likeness (QED) is 0.838. The molecule has 0 bridgehead atoms. The smallest absolute Gasteiger partial charge is 0.241 e. The standard InChI is InChI=1S/C13H16N2O2S/c1-2-18(17)9-8-15-13(16)12(10-14)11-6-4-3-5-7-11/h3-7,12H,2,8-9H2,1H3,(H,15,16). The van der Waals surface area contributed by atoms with Crippen molar-refractivity contribution in [2.45, 2.75) is 12.8 Å². The summed E-state index contributed by atoms with van der Waals surface area (Å²) in [5.41, 5.74) is 0.675. The van der Waals surface area contributed by atoms with Gasteiger partial charge in [-0.15, -0.1) is 0 Å². The second-order valence-corrected chi connectivity index (χ2v) is 5.56. The first-order valence-electron chi connectivity index (χ1n) is 5.76. The third kappa shape index (κ3) is 4.30. The third-order valence-electron chi connectivity index (χ3n) is 2.48. The van der Waals surface area contributed by atoms with Crippen molar-refractivity contribution in [1.82, 2.24) is 5.32 Å². The molecule has 18 heavy (non-hydrogen) atoms. The summed E-state index contributed by atoms with van der Waals surface area (Å²) < 4.78 is 11.2. The van der Waals surface area contributed by atoms with Gasteiger partial charge in [0.25, 0.3) is 0 Å². The molecule has 5 heteroatoms. The Morgan fingerprint density at radius 2 is 2.11 bits per heavy atom. The number of rotatable bonds is 6. The molecule has 0 spiro atoms. The minimum absolute atomic E-state index is 0.336. The Hall–Kier alpha value is -1.67. The van der Waals surface area contributed by atoms with E-state index < -0.39 is 16.7 Å². The molecule has 96 valence electrons. The molecule has 2 unspecified atom stereocenters. The zero-order valence-electron chi connectivity index (χ0n) is 10.3. The highest BCUT2D eigenvalue weighted by Gasteiger charge is 2.19. The van der Waals surface area contributed by atoms with E-state index in [1.807, 2.05) is 19.1 Å². The highest BCUT2D eigenvalue weighted by molar-refractivity contribution is 7.84. The van der Waals surface area contributed by atoms with Gasteiger partial charge in [0.1, 0.15) is 5.92 Å². The summed E-state index contributed by atoms with van der Waals surface area (Å²) in [5.74, 6) is -0.135. The van der Waals surface area contributed by atoms with Gasteiger partial charge in [0.05, 0.1) is 6.07 Å². The average Bonchev–Trinajstić information content (AvgIpc) is 2.40. The second kappa shape index (κ2) is 7.62. The van der Waals surface area contributed by atoms with Crippen LogP contribution in [0, 0.1) is 11.3 Å². The largest absolute Gasteiger partial charge is 0.354 e. The fraction of sp³-hybridized carbons (Fsp3) is 0.385. The molecule has 2 atom stereocenters. The molecule has 1 aromatic rings. The molecule has 0 fully saturated rings. The lowest BCUT2D eigenvalue weighted by atomic mass is 10.00. The van der Waals surface area contributed by atoms with Crippen LogP contribution in [0.15, 0.2) is 30.3 Å². The van der Waals surface area contributed by atoms with Crippen molar-refractivity contribution in [2.75, 3.05) is 18.1 Å². The van der Waals surface area contributed by atoms with Gasteiger partial charge in [0.2, 0.25) is 5.91 Å². The lowest BCUT2D eigenvalue weighted by Gasteiger charge is -2.10. The van der Waals surface area contributed by atoms with Crippen molar-refractivity contribution in [3.05, 3.63) is 35.9 Å². The summed E-state index contributed by atoms with van der Waals surface area (Å²) in [6.07, 6.45) is 0. The molecule has 0 radical (unpaired) electrons. The van der Waals surface area contributed by atoms with Crippen molar-refractivity contribution in [3.8, 4) is 6.07 Å². The van der Waals surface area contributed by atoms with Crippen molar-refractivity contribution in [1.29, 1.82) is 5.26 Å². The molecule has 0 aliphatic heterocycles. The molecule has 0 saturated carbocycles. The Morgan fingerprint density at radius 1 is 1.44 bits per heavy atom. The van der Waals surface area contributed by atoms with Crippen molar-refractivity contribution < 1.29 is 9.00 Å². The fourth-order valence-electron chi connectivity index (χ4n) is 1.46. The lowest BCUT2D eigenvalue weighted by Crippen LogP contribution is -2.32. The lowest BCUT2D eigenvalue weighted by molar-refractivity contribution is -0.121. The molecule has 0 aliphatic rings. The van der Waals surface area contributed by atoms with Gasteiger partial charge in [-0.25, -0.2) is 0 Å². The van der Waals surface area contributed by atoms with Gasteiger partial charge in [0, 0.05) is 28.9 Å². The van der Waals surface area contributed by atoms with Crippen LogP contribution in [-0.4, -0.2) is 28.2 Å². The van der Waals surface area contributed by atoms with Crippen molar-refractivity contribution >= 4 is 16.7 Å². The first kappa shape index (κ1) is 14.4. The van der Waals surface area contributed by atoms with Crippen molar-refractivity contribution in [2.24, 2.45) is 0 Å². The zero-order chi connectivity index (χ0) is 13.4. The van der Waals surface area contributed by atoms with Gasteiger partial charge in [-0.05, 0) is 5.56 Å². The number of benzene rings is 1.